The molecule has 2 heteroatoms. The van der Waals surface area contributed by atoms with Gasteiger partial charge in [-0.05, 0) is 107 Å². The third-order valence-electron chi connectivity index (χ3n) is 7.46. The lowest BCUT2D eigenvalue weighted by Crippen LogP contribution is -1.97. The lowest BCUT2D eigenvalue weighted by atomic mass is 9.95. The molecular formula is C48H79NO. The minimum Gasteiger partial charge on any atom is -0.299 e. The van der Waals surface area contributed by atoms with Crippen molar-refractivity contribution < 1.29 is 4.79 Å². The Morgan fingerprint density at radius 3 is 1.72 bits per heavy atom. The first kappa shape index (κ1) is 55.7. The van der Waals surface area contributed by atoms with Crippen LogP contribution in [0.5, 0.6) is 0 Å². The maximum atomic E-state index is 10.2. The summed E-state index contributed by atoms with van der Waals surface area (Å²) in [6.45, 7) is 31.6. The molecule has 0 aliphatic rings. The number of aryl methyl sites for hydroxylation is 2. The van der Waals surface area contributed by atoms with Crippen molar-refractivity contribution in [3.63, 3.8) is 0 Å². The Morgan fingerprint density at radius 1 is 0.800 bits per heavy atom. The molecule has 0 aliphatic heterocycles. The Morgan fingerprint density at radius 2 is 1.34 bits per heavy atom. The molecule has 2 aromatic rings. The molecule has 0 heterocycles. The summed E-state index contributed by atoms with van der Waals surface area (Å²) in [5.74, 6) is 1.02. The molecule has 0 radical (unpaired) electrons. The summed E-state index contributed by atoms with van der Waals surface area (Å²) in [4.78, 5) is 14.1. The van der Waals surface area contributed by atoms with Crippen molar-refractivity contribution in [1.82, 2.24) is 0 Å². The van der Waals surface area contributed by atoms with Crippen LogP contribution in [0.25, 0.3) is 5.57 Å². The first-order chi connectivity index (χ1) is 24.0. The topological polar surface area (TPSA) is 29.4 Å². The molecule has 50 heavy (non-hydrogen) atoms. The number of benzene rings is 2. The molecule has 1 atom stereocenters. The standard InChI is InChI=1S/C13H14O.C12H16.C10H22.C7H13N.2C2H6.C2H2/c1-3-12(8-6-10-14)13-9-5-4-7-11(13)2;1-10(2)8-9-12-7-5-4-6-11(12)3;1-4-7-9-10(6-3)8-5-2;1-6(2)7(3)5-8-4;3*1-2/h3-10H,1-2H3;4-8H,9H2,1-3H3;10H,4-9H2,1-3H3;5H,1-4H3;2*1-2H3;1-2H/b8-6+,12-3-;;;;;;. The first-order valence-corrected chi connectivity index (χ1v) is 18.9. The molecule has 0 bridgehead atoms. The number of terminal acetylenes is 1. The van der Waals surface area contributed by atoms with Crippen molar-refractivity contribution in [3.8, 4) is 12.8 Å². The minimum atomic E-state index is 0.793. The van der Waals surface area contributed by atoms with Crippen LogP contribution in [0.3, 0.4) is 0 Å². The Labute approximate surface area is 313 Å². The van der Waals surface area contributed by atoms with Gasteiger partial charge in [0.1, 0.15) is 6.29 Å². The van der Waals surface area contributed by atoms with Crippen molar-refractivity contribution in [3.05, 3.63) is 112 Å². The molecule has 2 rings (SSSR count). The van der Waals surface area contributed by atoms with E-state index in [1.165, 1.54) is 83.6 Å². The van der Waals surface area contributed by atoms with Gasteiger partial charge in [-0.2, -0.15) is 0 Å². The van der Waals surface area contributed by atoms with Gasteiger partial charge >= 0.3 is 0 Å². The van der Waals surface area contributed by atoms with Crippen LogP contribution in [0, 0.1) is 32.6 Å². The van der Waals surface area contributed by atoms with Gasteiger partial charge in [0, 0.05) is 13.3 Å². The maximum Gasteiger partial charge on any atom is 0.142 e. The van der Waals surface area contributed by atoms with E-state index in [9.17, 15) is 4.79 Å². The lowest BCUT2D eigenvalue weighted by molar-refractivity contribution is -0.104. The summed E-state index contributed by atoms with van der Waals surface area (Å²) in [5.41, 5.74) is 10.3. The fourth-order valence-corrected chi connectivity index (χ4v) is 4.31. The lowest BCUT2D eigenvalue weighted by Gasteiger charge is -2.11. The molecule has 0 saturated heterocycles. The van der Waals surface area contributed by atoms with E-state index in [1.54, 1.807) is 7.05 Å². The summed E-state index contributed by atoms with van der Waals surface area (Å²) >= 11 is 0. The Balaban J connectivity index is -0.000000174. The van der Waals surface area contributed by atoms with E-state index in [4.69, 9.17) is 0 Å². The van der Waals surface area contributed by atoms with Crippen molar-refractivity contribution in [2.24, 2.45) is 10.9 Å². The van der Waals surface area contributed by atoms with Crippen LogP contribution >= 0.6 is 0 Å². The van der Waals surface area contributed by atoms with Crippen molar-refractivity contribution in [1.29, 1.82) is 0 Å². The van der Waals surface area contributed by atoms with Gasteiger partial charge in [0.15, 0.2) is 0 Å². The number of allylic oxidation sites excluding steroid dienone is 8. The molecule has 2 nitrogen and oxygen atoms in total. The van der Waals surface area contributed by atoms with Crippen LogP contribution in [-0.2, 0) is 11.2 Å². The number of aliphatic imine (C=N–C) groups is 1. The average Bonchev–Trinajstić information content (AvgIpc) is 3.14. The zero-order valence-corrected chi connectivity index (χ0v) is 35.6. The minimum absolute atomic E-state index is 0.793. The second-order valence-corrected chi connectivity index (χ2v) is 11.7. The summed E-state index contributed by atoms with van der Waals surface area (Å²) in [7, 11) is 1.78. The normalized spacial score (nSPS) is 10.2. The van der Waals surface area contributed by atoms with Gasteiger partial charge in [-0.15, -0.1) is 12.8 Å². The highest BCUT2D eigenvalue weighted by Crippen LogP contribution is 2.19. The Hall–Kier alpha value is -3.70. The molecule has 0 amide bonds. The van der Waals surface area contributed by atoms with E-state index in [0.717, 1.165) is 24.2 Å². The number of hydrogen-bond donors (Lipinski definition) is 0. The second-order valence-electron chi connectivity index (χ2n) is 11.7. The van der Waals surface area contributed by atoms with E-state index in [2.05, 4.69) is 130 Å². The highest BCUT2D eigenvalue weighted by atomic mass is 16.1. The number of unbranched alkanes of at least 4 members (excludes halogenated alkanes) is 1. The number of carbonyl (C=O) groups excluding carboxylic acids is 1. The number of carbonyl (C=O) groups is 1. The van der Waals surface area contributed by atoms with E-state index in [-0.39, 0.29) is 0 Å². The van der Waals surface area contributed by atoms with Crippen LogP contribution in [0.2, 0.25) is 0 Å². The summed E-state index contributed by atoms with van der Waals surface area (Å²) in [5, 5.41) is 0. The summed E-state index contributed by atoms with van der Waals surface area (Å²) in [6, 6.07) is 16.7. The van der Waals surface area contributed by atoms with Crippen LogP contribution in [0.4, 0.5) is 0 Å². The molecule has 0 aromatic heterocycles. The molecule has 0 saturated carbocycles. The summed E-state index contributed by atoms with van der Waals surface area (Å²) in [6.07, 6.45) is 27.8. The largest absolute Gasteiger partial charge is 0.299 e. The van der Waals surface area contributed by atoms with E-state index in [1.807, 2.05) is 65.1 Å². The zero-order chi connectivity index (χ0) is 39.8. The van der Waals surface area contributed by atoms with Gasteiger partial charge < -0.3 is 0 Å². The van der Waals surface area contributed by atoms with Gasteiger partial charge in [0.05, 0.1) is 0 Å². The van der Waals surface area contributed by atoms with Gasteiger partial charge in [0.25, 0.3) is 0 Å². The summed E-state index contributed by atoms with van der Waals surface area (Å²) < 4.78 is 0. The number of rotatable bonds is 12. The molecule has 0 spiro atoms. The van der Waals surface area contributed by atoms with Crippen LogP contribution in [0.1, 0.15) is 151 Å². The van der Waals surface area contributed by atoms with Gasteiger partial charge in [0.2, 0.25) is 0 Å². The number of aldehydes is 1. The Bertz CT molecular complexity index is 1210. The van der Waals surface area contributed by atoms with Gasteiger partial charge in [-0.3, -0.25) is 9.79 Å². The fourth-order valence-electron chi connectivity index (χ4n) is 4.31. The molecule has 282 valence electrons. The van der Waals surface area contributed by atoms with Crippen molar-refractivity contribution >= 4 is 18.1 Å². The molecule has 0 N–H and O–H groups in total. The first-order valence-electron chi connectivity index (χ1n) is 18.9. The quantitative estimate of drug-likeness (QED) is 0.0546. The number of nitrogens with zero attached hydrogens (tertiary/aromatic N) is 1. The second kappa shape index (κ2) is 43.3. The van der Waals surface area contributed by atoms with E-state index in [0.29, 0.717) is 0 Å². The maximum absolute atomic E-state index is 10.2. The highest BCUT2D eigenvalue weighted by molar-refractivity contribution is 5.80. The predicted octanol–water partition coefficient (Wildman–Crippen LogP) is 15.0. The number of hydrogen-bond acceptors (Lipinski definition) is 2. The average molecular weight is 686 g/mol. The molecular weight excluding hydrogens is 607 g/mol. The van der Waals surface area contributed by atoms with Crippen LogP contribution < -0.4 is 0 Å². The Kier molecular flexibility index (Phi) is 48.3. The predicted molar refractivity (Wildman–Crippen MR) is 234 cm³/mol. The smallest absolute Gasteiger partial charge is 0.142 e. The molecule has 2 aromatic carbocycles. The monoisotopic (exact) mass is 686 g/mol. The SMILES string of the molecule is C#C.C/C=C(/C=C/C=O)c1ccccc1C.CC.CC.CC(C)=CCc1ccccc1C.CCCCC(CC)CCC.CN=CC(C)=C(C)C. The van der Waals surface area contributed by atoms with Gasteiger partial charge in [-0.1, -0.05) is 165 Å². The third kappa shape index (κ3) is 34.2. The molecule has 0 aliphatic carbocycles. The highest BCUT2D eigenvalue weighted by Gasteiger charge is 2.02. The van der Waals surface area contributed by atoms with Crippen LogP contribution in [0.15, 0.2) is 94.5 Å². The van der Waals surface area contributed by atoms with Gasteiger partial charge in [-0.25, -0.2) is 0 Å². The van der Waals surface area contributed by atoms with Crippen molar-refractivity contribution in [2.45, 2.75) is 149 Å². The van der Waals surface area contributed by atoms with Crippen molar-refractivity contribution in [2.75, 3.05) is 7.05 Å². The molecule has 0 fully saturated rings. The molecule has 1 unspecified atom stereocenters. The third-order valence-corrected chi connectivity index (χ3v) is 7.46. The van der Waals surface area contributed by atoms with E-state index >= 15 is 0 Å². The fraction of sp³-hybridized carbons (Fsp3) is 0.500. The van der Waals surface area contributed by atoms with E-state index < -0.39 is 0 Å². The van der Waals surface area contributed by atoms with Crippen LogP contribution in [-0.4, -0.2) is 19.5 Å². The zero-order valence-electron chi connectivity index (χ0n) is 35.6.